The van der Waals surface area contributed by atoms with E-state index >= 15 is 0 Å². The zero-order chi connectivity index (χ0) is 26.5. The summed E-state index contributed by atoms with van der Waals surface area (Å²) in [6.45, 7) is 8.41. The lowest BCUT2D eigenvalue weighted by molar-refractivity contribution is 0.195. The molecule has 2 amide bonds. The summed E-state index contributed by atoms with van der Waals surface area (Å²) in [7, 11) is 0. The van der Waals surface area contributed by atoms with Crippen LogP contribution in [-0.4, -0.2) is 40.9 Å². The van der Waals surface area contributed by atoms with E-state index in [0.717, 1.165) is 66.3 Å². The molecule has 1 fully saturated rings. The van der Waals surface area contributed by atoms with Crippen LogP contribution in [0, 0.1) is 12.8 Å². The van der Waals surface area contributed by atoms with Gasteiger partial charge in [-0.3, -0.25) is 0 Å². The summed E-state index contributed by atoms with van der Waals surface area (Å²) in [4.78, 5) is 20.5. The number of hydrazone groups is 1. The summed E-state index contributed by atoms with van der Waals surface area (Å²) in [5.74, 6) is 0.956. The fourth-order valence-electron chi connectivity index (χ4n) is 5.24. The topological polar surface area (TPSA) is 86.0 Å². The summed E-state index contributed by atoms with van der Waals surface area (Å²) in [5, 5.41) is 13.4. The number of carbonyl (C=O) groups excluding carboxylic acids is 1. The Bertz CT molecular complexity index is 1250. The summed E-state index contributed by atoms with van der Waals surface area (Å²) in [5.41, 5.74) is 6.06. The Kier molecular flexibility index (Phi) is 8.08. The van der Waals surface area contributed by atoms with Crippen molar-refractivity contribution in [2.75, 3.05) is 23.3 Å². The Balaban J connectivity index is 1.38. The molecule has 200 valence electrons. The maximum absolute atomic E-state index is 14.0. The molecule has 3 aromatic rings. The number of pyridine rings is 1. The first kappa shape index (κ1) is 26.0. The van der Waals surface area contributed by atoms with Crippen molar-refractivity contribution in [1.29, 1.82) is 0 Å². The molecular weight excluding hydrogens is 476 g/mol. The molecule has 8 heteroatoms. The highest BCUT2D eigenvalue weighted by Crippen LogP contribution is 2.38. The second kappa shape index (κ2) is 11.8. The largest absolute Gasteiger partial charge is 0.472 e. The molecule has 0 bridgehead atoms. The van der Waals surface area contributed by atoms with Gasteiger partial charge in [0.25, 0.3) is 0 Å². The fourth-order valence-corrected chi connectivity index (χ4v) is 5.24. The van der Waals surface area contributed by atoms with Crippen LogP contribution in [-0.2, 0) is 6.54 Å². The van der Waals surface area contributed by atoms with Crippen LogP contribution in [0.3, 0.4) is 0 Å². The fraction of sp³-hybridized carbons (Fsp3) is 0.433. The summed E-state index contributed by atoms with van der Waals surface area (Å²) in [6, 6.07) is 11.9. The quantitative estimate of drug-likeness (QED) is 0.321. The van der Waals surface area contributed by atoms with E-state index in [2.05, 4.69) is 35.8 Å². The minimum absolute atomic E-state index is 0.0745. The number of amides is 2. The van der Waals surface area contributed by atoms with Gasteiger partial charge in [0.05, 0.1) is 41.9 Å². The Hall–Kier alpha value is -3.65. The van der Waals surface area contributed by atoms with Crippen molar-refractivity contribution >= 4 is 28.9 Å². The maximum atomic E-state index is 14.0. The first-order chi connectivity index (χ1) is 18.5. The van der Waals surface area contributed by atoms with Gasteiger partial charge in [0.15, 0.2) is 0 Å². The van der Waals surface area contributed by atoms with Crippen LogP contribution in [0.15, 0.2) is 64.6 Å². The van der Waals surface area contributed by atoms with Gasteiger partial charge >= 0.3 is 6.03 Å². The molecule has 1 saturated carbocycles. The van der Waals surface area contributed by atoms with E-state index < -0.39 is 0 Å². The predicted molar refractivity (Wildman–Crippen MR) is 152 cm³/mol. The predicted octanol–water partition coefficient (Wildman–Crippen LogP) is 6.45. The first-order valence-electron chi connectivity index (χ1n) is 13.8. The molecule has 2 aromatic heterocycles. The summed E-state index contributed by atoms with van der Waals surface area (Å²) in [6.07, 6.45) is 11.1. The molecule has 0 spiro atoms. The Morgan fingerprint density at radius 3 is 2.63 bits per heavy atom. The van der Waals surface area contributed by atoms with Crippen LogP contribution < -0.4 is 15.5 Å². The first-order valence-corrected chi connectivity index (χ1v) is 13.8. The normalized spacial score (nSPS) is 16.4. The molecule has 5 rings (SSSR count). The van der Waals surface area contributed by atoms with Crippen molar-refractivity contribution in [2.24, 2.45) is 11.0 Å². The molecule has 0 radical (unpaired) electrons. The minimum Gasteiger partial charge on any atom is -0.472 e. The molecule has 1 aliphatic carbocycles. The molecule has 1 aromatic carbocycles. The van der Waals surface area contributed by atoms with E-state index in [1.165, 1.54) is 19.3 Å². The number of benzene rings is 1. The molecule has 1 aliphatic heterocycles. The number of nitrogens with zero attached hydrogens (tertiary/aromatic N) is 4. The van der Waals surface area contributed by atoms with Gasteiger partial charge in [0.2, 0.25) is 0 Å². The molecule has 3 heterocycles. The van der Waals surface area contributed by atoms with Crippen molar-refractivity contribution < 1.29 is 9.21 Å². The zero-order valence-electron chi connectivity index (χ0n) is 22.6. The standard InChI is InChI=1S/C30H38N6O2/c1-21(2)36-30(37)35(27-17-22(3)9-11-26(27)29(34-36)24-7-5-4-6-8-24)28-12-10-25(19-33-28)32-15-14-31-18-23-13-16-38-20-23/h9-13,16-17,19-21,24,31-32H,4-8,14-15,18H2,1-3H3. The van der Waals surface area contributed by atoms with E-state index in [9.17, 15) is 4.79 Å². The lowest BCUT2D eigenvalue weighted by Gasteiger charge is -2.28. The number of anilines is 3. The van der Waals surface area contributed by atoms with E-state index in [1.807, 2.05) is 32.0 Å². The van der Waals surface area contributed by atoms with Crippen LogP contribution in [0.4, 0.5) is 22.0 Å². The third-order valence-corrected chi connectivity index (χ3v) is 7.27. The Morgan fingerprint density at radius 2 is 1.92 bits per heavy atom. The minimum atomic E-state index is -0.172. The van der Waals surface area contributed by atoms with Gasteiger partial charge in [0.1, 0.15) is 5.82 Å². The smallest absolute Gasteiger partial charge is 0.350 e. The van der Waals surface area contributed by atoms with Crippen LogP contribution in [0.25, 0.3) is 0 Å². The maximum Gasteiger partial charge on any atom is 0.350 e. The number of rotatable bonds is 9. The van der Waals surface area contributed by atoms with E-state index in [0.29, 0.717) is 11.7 Å². The highest BCUT2D eigenvalue weighted by Gasteiger charge is 2.35. The van der Waals surface area contributed by atoms with E-state index in [-0.39, 0.29) is 12.1 Å². The van der Waals surface area contributed by atoms with Gasteiger partial charge in [-0.15, -0.1) is 0 Å². The molecule has 0 unspecified atom stereocenters. The van der Waals surface area contributed by atoms with E-state index in [1.54, 1.807) is 28.6 Å². The number of aryl methyl sites for hydroxylation is 1. The van der Waals surface area contributed by atoms with Crippen molar-refractivity contribution in [2.45, 2.75) is 65.5 Å². The summed E-state index contributed by atoms with van der Waals surface area (Å²) >= 11 is 0. The average Bonchev–Trinajstić information content (AvgIpc) is 3.40. The highest BCUT2D eigenvalue weighted by molar-refractivity contribution is 6.13. The SMILES string of the molecule is Cc1ccc2c(c1)N(c1ccc(NCCNCc3ccoc3)cn1)C(=O)N(C(C)C)N=C2C1CCCCC1. The van der Waals surface area contributed by atoms with E-state index in [4.69, 9.17) is 14.5 Å². The van der Waals surface area contributed by atoms with Crippen LogP contribution in [0.1, 0.15) is 62.6 Å². The number of aromatic nitrogens is 1. The van der Waals surface area contributed by atoms with Crippen molar-refractivity contribution in [3.8, 4) is 0 Å². The lowest BCUT2D eigenvalue weighted by Crippen LogP contribution is -2.41. The van der Waals surface area contributed by atoms with Crippen LogP contribution in [0.5, 0.6) is 0 Å². The van der Waals surface area contributed by atoms with Crippen molar-refractivity contribution in [3.05, 3.63) is 71.8 Å². The lowest BCUT2D eigenvalue weighted by atomic mass is 9.82. The third kappa shape index (κ3) is 5.75. The van der Waals surface area contributed by atoms with Gasteiger partial charge in [0, 0.05) is 36.7 Å². The molecule has 0 atom stereocenters. The number of fused-ring (bicyclic) bond motifs is 1. The van der Waals surface area contributed by atoms with Gasteiger partial charge < -0.3 is 15.1 Å². The number of carbonyl (C=O) groups is 1. The van der Waals surface area contributed by atoms with Crippen LogP contribution in [0.2, 0.25) is 0 Å². The summed E-state index contributed by atoms with van der Waals surface area (Å²) < 4.78 is 5.10. The molecule has 0 saturated heterocycles. The van der Waals surface area contributed by atoms with Crippen molar-refractivity contribution in [1.82, 2.24) is 15.3 Å². The second-order valence-electron chi connectivity index (χ2n) is 10.5. The van der Waals surface area contributed by atoms with Gasteiger partial charge in [-0.1, -0.05) is 31.4 Å². The van der Waals surface area contributed by atoms with Gasteiger partial charge in [-0.2, -0.15) is 5.10 Å². The second-order valence-corrected chi connectivity index (χ2v) is 10.5. The van der Waals surface area contributed by atoms with Crippen molar-refractivity contribution in [3.63, 3.8) is 0 Å². The monoisotopic (exact) mass is 514 g/mol. The number of hydrogen-bond acceptors (Lipinski definition) is 6. The zero-order valence-corrected chi connectivity index (χ0v) is 22.6. The number of hydrogen-bond donors (Lipinski definition) is 2. The molecule has 2 aliphatic rings. The number of furan rings is 1. The third-order valence-electron chi connectivity index (χ3n) is 7.27. The molecule has 8 nitrogen and oxygen atoms in total. The Morgan fingerprint density at radius 1 is 1.08 bits per heavy atom. The molecule has 2 N–H and O–H groups in total. The highest BCUT2D eigenvalue weighted by atomic mass is 16.3. The molecular formula is C30H38N6O2. The molecule has 38 heavy (non-hydrogen) atoms. The number of nitrogens with one attached hydrogen (secondary N) is 2. The Labute approximate surface area is 225 Å². The van der Waals surface area contributed by atoms with Gasteiger partial charge in [-0.25, -0.2) is 19.7 Å². The van der Waals surface area contributed by atoms with Gasteiger partial charge in [-0.05, 0) is 63.4 Å². The number of urea groups is 1. The van der Waals surface area contributed by atoms with Crippen LogP contribution >= 0.6 is 0 Å². The average molecular weight is 515 g/mol.